The number of hydrogen-bond donors (Lipinski definition) is 19. The predicted octanol–water partition coefficient (Wildman–Crippen LogP) is -5.55. The van der Waals surface area contributed by atoms with Crippen LogP contribution in [-0.2, 0) is 90.9 Å². The number of rotatable bonds is 32. The van der Waals surface area contributed by atoms with E-state index < -0.39 is 203 Å². The molecular formula is C62H87F3N20O19. The molecule has 0 saturated carbocycles. The number of carbonyl (C=O) groups excluding carboxylic acids is 13. The smallest absolute Gasteiger partial charge is 0.423 e. The number of benzene rings is 2. The van der Waals surface area contributed by atoms with Gasteiger partial charge in [-0.2, -0.15) is 13.2 Å². The van der Waals surface area contributed by atoms with Crippen LogP contribution in [0.3, 0.4) is 0 Å². The summed E-state index contributed by atoms with van der Waals surface area (Å²) < 4.78 is 42.4. The summed E-state index contributed by atoms with van der Waals surface area (Å²) in [6.07, 6.45) is -9.45. The van der Waals surface area contributed by atoms with Crippen molar-refractivity contribution in [2.75, 3.05) is 39.3 Å². The van der Waals surface area contributed by atoms with E-state index in [1.165, 1.54) is 0 Å². The number of nitro groups is 1. The van der Waals surface area contributed by atoms with Crippen molar-refractivity contribution in [3.05, 3.63) is 75.3 Å². The van der Waals surface area contributed by atoms with Crippen molar-refractivity contribution in [3.8, 4) is 0 Å². The third kappa shape index (κ3) is 31.0. The van der Waals surface area contributed by atoms with Crippen LogP contribution in [0.2, 0.25) is 0 Å². The summed E-state index contributed by atoms with van der Waals surface area (Å²) in [6, 6.07) is -4.41. The fourth-order valence-electron chi connectivity index (χ4n) is 10.5. The molecule has 2 fully saturated rings. The summed E-state index contributed by atoms with van der Waals surface area (Å²) in [5, 5.41) is 62.2. The predicted molar refractivity (Wildman–Crippen MR) is 358 cm³/mol. The zero-order chi connectivity index (χ0) is 77.2. The van der Waals surface area contributed by atoms with Crippen molar-refractivity contribution in [1.29, 1.82) is 0 Å². The molecule has 570 valence electrons. The van der Waals surface area contributed by atoms with Crippen molar-refractivity contribution in [2.24, 2.45) is 32.9 Å². The van der Waals surface area contributed by atoms with Gasteiger partial charge in [0.15, 0.2) is 11.9 Å². The Balaban J connectivity index is 1.49. The van der Waals surface area contributed by atoms with E-state index in [1.807, 2.05) is 0 Å². The molecule has 4 rings (SSSR count). The van der Waals surface area contributed by atoms with Crippen LogP contribution in [0.5, 0.6) is 0 Å². The number of unbranched alkanes of at least 4 members (excludes halogenated alkanes) is 2. The Morgan fingerprint density at radius 2 is 0.952 bits per heavy atom. The Hall–Kier alpha value is -11.8. The highest BCUT2D eigenvalue weighted by Crippen LogP contribution is 2.37. The molecule has 104 heavy (non-hydrogen) atoms. The number of aliphatic imine (C=N–C) groups is 2. The molecule has 2 aromatic carbocycles. The molecule has 2 heterocycles. The van der Waals surface area contributed by atoms with Gasteiger partial charge in [-0.05, 0) is 87.8 Å². The number of nitrogens with one attached hydrogen (secondary N) is 13. The lowest BCUT2D eigenvalue weighted by Crippen LogP contribution is -2.58. The van der Waals surface area contributed by atoms with E-state index in [0.717, 1.165) is 13.0 Å². The Bertz CT molecular complexity index is 3500. The first-order valence-electron chi connectivity index (χ1n) is 32.8. The number of aliphatic carboxylic acids is 2. The highest BCUT2D eigenvalue weighted by molar-refractivity contribution is 6.00. The van der Waals surface area contributed by atoms with Gasteiger partial charge >= 0.3 is 18.1 Å². The van der Waals surface area contributed by atoms with Gasteiger partial charge in [-0.15, -0.1) is 0 Å². The number of nitrogens with two attached hydrogens (primary N) is 4. The number of carboxylic acids is 2. The number of guanidine groups is 2. The number of halogens is 3. The third-order valence-corrected chi connectivity index (χ3v) is 15.7. The molecule has 39 nitrogen and oxygen atoms in total. The maximum atomic E-state index is 14.3. The number of nitrogens with zero attached hydrogens (tertiary/aromatic N) is 3. The Morgan fingerprint density at radius 1 is 0.548 bits per heavy atom. The van der Waals surface area contributed by atoms with Crippen LogP contribution in [0.4, 0.5) is 18.9 Å². The van der Waals surface area contributed by atoms with Crippen LogP contribution in [0.15, 0.2) is 58.5 Å². The average Bonchev–Trinajstić information content (AvgIpc) is 1.33. The van der Waals surface area contributed by atoms with E-state index in [4.69, 9.17) is 22.9 Å². The summed E-state index contributed by atoms with van der Waals surface area (Å²) in [5.41, 5.74) is 18.8. The Kier molecular flexibility index (Phi) is 34.6. The van der Waals surface area contributed by atoms with Crippen molar-refractivity contribution in [2.45, 2.75) is 170 Å². The molecule has 0 radical (unpaired) electrons. The summed E-state index contributed by atoms with van der Waals surface area (Å²) in [4.78, 5) is 218. The van der Waals surface area contributed by atoms with Gasteiger partial charge < -0.3 is 102 Å². The molecule has 1 unspecified atom stereocenters. The zero-order valence-corrected chi connectivity index (χ0v) is 56.5. The van der Waals surface area contributed by atoms with Gasteiger partial charge in [-0.25, -0.2) is 0 Å². The molecular weight excluding hydrogens is 1390 g/mol. The topological polar surface area (TPSA) is 625 Å². The van der Waals surface area contributed by atoms with E-state index in [-0.39, 0.29) is 122 Å². The molecule has 42 heteroatoms. The Labute approximate surface area is 591 Å². The first-order valence-corrected chi connectivity index (χ1v) is 32.8. The minimum atomic E-state index is -5.30. The summed E-state index contributed by atoms with van der Waals surface area (Å²) >= 11 is 0. The second-order valence-corrected chi connectivity index (χ2v) is 24.1. The number of carboxylic acid groups (broad SMARTS) is 2. The molecule has 2 saturated heterocycles. The average molecular weight is 1470 g/mol. The van der Waals surface area contributed by atoms with Gasteiger partial charge in [0.2, 0.25) is 76.8 Å². The standard InChI is InChI=1S/C62H87F3N20O19/c1-32(86)76-40(51(94)71-22-8-6-14-39-56(99)81-41(26-33-11-3-2-4-12-33)58(101)83-43(28-49(90)91)52(95)74-30-47(88)78-37(55(98)80-39)16-10-24-73-61(68)69)18-20-46(87)70-21-7-5-13-38-57(100)82-42(27-34-17-19-45(85(103)104)35(25-34)62(63,64)65)59(102)84-44(29-50(92)93)53(96)75-31-48(89)77-36(54(97)79-38)15-9-23-72-60(66)67/h2-4,11-12,17,19,25,36-44H,5-10,13-16,18,20-24,26-31H2,1H3,(H,70,87)(H,71,94)(H,74,95)(H,75,96)(H,76,86)(H,77,89)(H,78,88)(H,79,97)(H,80,98)(H,81,99)(H,82,100)(H,83,101)(H,84,102)(H,90,91)(H,92,93)(H4,66,67,72)(H4,68,69,73)/t36-,37-,38-,39-,40?,41+,42+,43-,44-/m1/s1. The molecule has 2 aliphatic rings. The molecule has 2 aliphatic heterocycles. The van der Waals surface area contributed by atoms with Crippen molar-refractivity contribution in [3.63, 3.8) is 0 Å². The van der Waals surface area contributed by atoms with Crippen molar-refractivity contribution >= 4 is 106 Å². The quantitative estimate of drug-likeness (QED) is 0.0107. The second-order valence-electron chi connectivity index (χ2n) is 24.1. The fourth-order valence-corrected chi connectivity index (χ4v) is 10.5. The monoisotopic (exact) mass is 1470 g/mol. The zero-order valence-electron chi connectivity index (χ0n) is 56.5. The lowest BCUT2D eigenvalue weighted by atomic mass is 9.99. The number of nitro benzene ring substituents is 1. The summed E-state index contributed by atoms with van der Waals surface area (Å²) in [7, 11) is 0. The van der Waals surface area contributed by atoms with Gasteiger partial charge in [0.25, 0.3) is 5.69 Å². The van der Waals surface area contributed by atoms with Crippen LogP contribution in [0.25, 0.3) is 0 Å². The Morgan fingerprint density at radius 3 is 1.38 bits per heavy atom. The van der Waals surface area contributed by atoms with Crippen LogP contribution in [0, 0.1) is 10.1 Å². The highest BCUT2D eigenvalue weighted by Gasteiger charge is 2.40. The van der Waals surface area contributed by atoms with Crippen LogP contribution >= 0.6 is 0 Å². The minimum Gasteiger partial charge on any atom is -0.481 e. The fraction of sp³-hybridized carbons (Fsp3) is 0.532. The largest absolute Gasteiger partial charge is 0.481 e. The van der Waals surface area contributed by atoms with Crippen LogP contribution in [-0.4, -0.2) is 209 Å². The maximum Gasteiger partial charge on any atom is 0.423 e. The van der Waals surface area contributed by atoms with E-state index >= 15 is 0 Å². The lowest BCUT2D eigenvalue weighted by Gasteiger charge is -2.26. The molecule has 2 aromatic rings. The van der Waals surface area contributed by atoms with Gasteiger partial charge in [-0.3, -0.25) is 92.0 Å². The summed E-state index contributed by atoms with van der Waals surface area (Å²) in [6.45, 7) is -0.813. The van der Waals surface area contributed by atoms with Crippen molar-refractivity contribution in [1.82, 2.24) is 69.1 Å². The molecule has 23 N–H and O–H groups in total. The van der Waals surface area contributed by atoms with E-state index in [2.05, 4.69) is 79.1 Å². The van der Waals surface area contributed by atoms with Gasteiger partial charge in [0, 0.05) is 58.4 Å². The molecule has 0 aromatic heterocycles. The molecule has 0 bridgehead atoms. The number of amides is 13. The third-order valence-electron chi connectivity index (χ3n) is 15.7. The second kappa shape index (κ2) is 42.5. The molecule has 0 aliphatic carbocycles. The van der Waals surface area contributed by atoms with Crippen LogP contribution < -0.4 is 92.1 Å². The summed E-state index contributed by atoms with van der Waals surface area (Å²) in [5.74, 6) is -16.3. The normalized spacial score (nSPS) is 20.7. The van der Waals surface area contributed by atoms with Crippen molar-refractivity contribution < 1.29 is 100 Å². The first kappa shape index (κ1) is 84.6. The van der Waals surface area contributed by atoms with Crippen LogP contribution in [0.1, 0.15) is 114 Å². The first-order chi connectivity index (χ1) is 49.1. The number of hydrogen-bond acceptors (Lipinski definition) is 19. The SMILES string of the molecule is CC(=O)NC(CCC(=O)NCCCC[C@H]1NC(=O)[C@@H](CCCN=C(N)N)NC(=O)CNC(=O)[C@@H](CC(=O)O)NC(=O)[C@H](Cc2ccc([N+](=O)[O-])c(C(F)(F)F)c2)NC1=O)C(=O)NCCCC[C@H]1NC(=O)[C@@H](CCCN=C(N)N)NC(=O)CNC(=O)[C@@H](CC(=O)O)NC(=O)[C@H](Cc2ccccc2)NC1=O. The molecule has 0 spiro atoms. The van der Waals surface area contributed by atoms with E-state index in [0.29, 0.717) is 17.7 Å². The van der Waals surface area contributed by atoms with E-state index in [1.54, 1.807) is 30.3 Å². The van der Waals surface area contributed by atoms with Gasteiger partial charge in [-0.1, -0.05) is 36.4 Å². The number of carbonyl (C=O) groups is 15. The molecule has 13 amide bonds. The number of alkyl halides is 3. The lowest BCUT2D eigenvalue weighted by molar-refractivity contribution is -0.388. The minimum absolute atomic E-state index is 0.0155. The highest BCUT2D eigenvalue weighted by atomic mass is 19.4. The van der Waals surface area contributed by atoms with E-state index in [9.17, 15) is 105 Å². The van der Waals surface area contributed by atoms with Gasteiger partial charge in [0.05, 0.1) is 30.9 Å². The van der Waals surface area contributed by atoms with Gasteiger partial charge in [0.1, 0.15) is 59.9 Å². The molecule has 9 atom stereocenters. The maximum absolute atomic E-state index is 14.3.